The van der Waals surface area contributed by atoms with Crippen LogP contribution in [-0.4, -0.2) is 54.2 Å². The normalized spacial score (nSPS) is 27.9. The molecule has 0 bridgehead atoms. The number of carbonyl (C=O) groups is 1. The highest BCUT2D eigenvalue weighted by molar-refractivity contribution is 8.00. The Bertz CT molecular complexity index is 238. The molecule has 2 N–H and O–H groups in total. The predicted molar refractivity (Wildman–Crippen MR) is 67.6 cm³/mol. The maximum atomic E-state index is 12.1. The van der Waals surface area contributed by atoms with Crippen LogP contribution in [0.2, 0.25) is 0 Å². The molecule has 0 aliphatic carbocycles. The van der Waals surface area contributed by atoms with Crippen LogP contribution >= 0.6 is 11.8 Å². The molecule has 1 saturated heterocycles. The summed E-state index contributed by atoms with van der Waals surface area (Å²) in [7, 11) is 1.62. The first-order chi connectivity index (χ1) is 7.57. The summed E-state index contributed by atoms with van der Waals surface area (Å²) in [5, 5.41) is 0.493. The van der Waals surface area contributed by atoms with E-state index in [1.165, 1.54) is 0 Å². The van der Waals surface area contributed by atoms with Crippen molar-refractivity contribution < 1.29 is 9.53 Å². The summed E-state index contributed by atoms with van der Waals surface area (Å²) in [5.74, 6) is 1.07. The number of methoxy groups -OCH3 is 1. The van der Waals surface area contributed by atoms with Gasteiger partial charge in [-0.15, -0.1) is 0 Å². The molecule has 0 saturated carbocycles. The molecule has 1 heterocycles. The summed E-state index contributed by atoms with van der Waals surface area (Å²) < 4.78 is 4.94. The molecule has 3 atom stereocenters. The molecule has 5 heteroatoms. The van der Waals surface area contributed by atoms with Crippen LogP contribution in [0.3, 0.4) is 0 Å². The Labute approximate surface area is 102 Å². The van der Waals surface area contributed by atoms with E-state index in [1.54, 1.807) is 7.11 Å². The van der Waals surface area contributed by atoms with Gasteiger partial charge in [0.15, 0.2) is 0 Å². The van der Waals surface area contributed by atoms with E-state index in [2.05, 4.69) is 13.8 Å². The van der Waals surface area contributed by atoms with Crippen molar-refractivity contribution in [3.05, 3.63) is 0 Å². The molecule has 1 fully saturated rings. The molecular weight excluding hydrogens is 224 g/mol. The third kappa shape index (κ3) is 3.37. The molecule has 16 heavy (non-hydrogen) atoms. The van der Waals surface area contributed by atoms with Crippen molar-refractivity contribution in [3.8, 4) is 0 Å². The molecule has 4 nitrogen and oxygen atoms in total. The zero-order chi connectivity index (χ0) is 12.1. The zero-order valence-corrected chi connectivity index (χ0v) is 11.1. The Morgan fingerprint density at radius 2 is 2.31 bits per heavy atom. The first-order valence-electron chi connectivity index (χ1n) is 5.74. The fraction of sp³-hybridized carbons (Fsp3) is 0.909. The summed E-state index contributed by atoms with van der Waals surface area (Å²) in [6, 6.07) is -0.141. The third-order valence-electron chi connectivity index (χ3n) is 3.12. The van der Waals surface area contributed by atoms with E-state index in [4.69, 9.17) is 10.5 Å². The lowest BCUT2D eigenvalue weighted by Gasteiger charge is -2.38. The summed E-state index contributed by atoms with van der Waals surface area (Å²) in [6.45, 7) is 5.61. The highest BCUT2D eigenvalue weighted by atomic mass is 32.2. The monoisotopic (exact) mass is 246 g/mol. The fourth-order valence-corrected chi connectivity index (χ4v) is 2.92. The van der Waals surface area contributed by atoms with E-state index in [9.17, 15) is 4.79 Å². The van der Waals surface area contributed by atoms with Crippen LogP contribution in [0.15, 0.2) is 0 Å². The molecule has 1 amide bonds. The van der Waals surface area contributed by atoms with Gasteiger partial charge in [0.25, 0.3) is 0 Å². The largest absolute Gasteiger partial charge is 0.385 e. The molecule has 0 spiro atoms. The SMILES string of the molecule is COCCC(N)C(=O)N1CCSC(C)C1C. The van der Waals surface area contributed by atoms with E-state index in [0.717, 1.165) is 12.3 Å². The average molecular weight is 246 g/mol. The summed E-state index contributed by atoms with van der Waals surface area (Å²) in [5.41, 5.74) is 5.86. The number of rotatable bonds is 4. The molecule has 1 rings (SSSR count). The van der Waals surface area contributed by atoms with Crippen molar-refractivity contribution in [2.45, 2.75) is 37.6 Å². The summed E-state index contributed by atoms with van der Waals surface area (Å²) in [6.07, 6.45) is 0.597. The minimum Gasteiger partial charge on any atom is -0.385 e. The molecule has 0 radical (unpaired) electrons. The second-order valence-electron chi connectivity index (χ2n) is 4.24. The summed E-state index contributed by atoms with van der Waals surface area (Å²) >= 11 is 1.92. The van der Waals surface area contributed by atoms with Crippen molar-refractivity contribution in [1.82, 2.24) is 4.90 Å². The van der Waals surface area contributed by atoms with Gasteiger partial charge in [0.05, 0.1) is 6.04 Å². The number of hydrogen-bond donors (Lipinski definition) is 1. The van der Waals surface area contributed by atoms with Gasteiger partial charge in [0, 0.05) is 37.3 Å². The van der Waals surface area contributed by atoms with Gasteiger partial charge in [-0.2, -0.15) is 11.8 Å². The quantitative estimate of drug-likeness (QED) is 0.793. The number of amides is 1. The Balaban J connectivity index is 2.51. The van der Waals surface area contributed by atoms with Crippen molar-refractivity contribution in [2.75, 3.05) is 26.0 Å². The number of thioether (sulfide) groups is 1. The third-order valence-corrected chi connectivity index (χ3v) is 4.46. The standard InChI is InChI=1S/C11H22N2O2S/c1-8-9(2)16-7-5-13(8)11(14)10(12)4-6-15-3/h8-10H,4-7,12H2,1-3H3. The molecular formula is C11H22N2O2S. The number of ether oxygens (including phenoxy) is 1. The van der Waals surface area contributed by atoms with E-state index < -0.39 is 6.04 Å². The van der Waals surface area contributed by atoms with Gasteiger partial charge in [-0.25, -0.2) is 0 Å². The van der Waals surface area contributed by atoms with Gasteiger partial charge in [-0.1, -0.05) is 6.92 Å². The average Bonchev–Trinajstić information content (AvgIpc) is 2.28. The van der Waals surface area contributed by atoms with Gasteiger partial charge in [-0.3, -0.25) is 4.79 Å². The molecule has 94 valence electrons. The Kier molecular flexibility index (Phi) is 5.58. The van der Waals surface area contributed by atoms with E-state index in [0.29, 0.717) is 18.3 Å². The lowest BCUT2D eigenvalue weighted by molar-refractivity contribution is -0.134. The Hall–Kier alpha value is -0.260. The van der Waals surface area contributed by atoms with Gasteiger partial charge in [-0.05, 0) is 13.3 Å². The molecule has 0 aromatic heterocycles. The predicted octanol–water partition coefficient (Wildman–Crippen LogP) is 0.703. The smallest absolute Gasteiger partial charge is 0.239 e. The van der Waals surface area contributed by atoms with Crippen molar-refractivity contribution in [1.29, 1.82) is 0 Å². The Morgan fingerprint density at radius 3 is 2.94 bits per heavy atom. The topological polar surface area (TPSA) is 55.6 Å². The first kappa shape index (κ1) is 13.8. The van der Waals surface area contributed by atoms with Crippen molar-refractivity contribution in [2.24, 2.45) is 5.73 Å². The van der Waals surface area contributed by atoms with Crippen LogP contribution in [0.5, 0.6) is 0 Å². The number of hydrogen-bond acceptors (Lipinski definition) is 4. The van der Waals surface area contributed by atoms with Crippen LogP contribution in [0.4, 0.5) is 0 Å². The minimum atomic E-state index is -0.419. The van der Waals surface area contributed by atoms with Gasteiger partial charge in [0.1, 0.15) is 0 Å². The van der Waals surface area contributed by atoms with Crippen molar-refractivity contribution in [3.63, 3.8) is 0 Å². The molecule has 1 aliphatic rings. The molecule has 0 aromatic rings. The van der Waals surface area contributed by atoms with Crippen LogP contribution in [0, 0.1) is 0 Å². The highest BCUT2D eigenvalue weighted by Crippen LogP contribution is 2.24. The number of carbonyl (C=O) groups excluding carboxylic acids is 1. The molecule has 0 aromatic carbocycles. The lowest BCUT2D eigenvalue weighted by atomic mass is 10.1. The molecule has 3 unspecified atom stereocenters. The van der Waals surface area contributed by atoms with E-state index in [1.807, 2.05) is 16.7 Å². The highest BCUT2D eigenvalue weighted by Gasteiger charge is 2.31. The van der Waals surface area contributed by atoms with Gasteiger partial charge in [0.2, 0.25) is 5.91 Å². The van der Waals surface area contributed by atoms with Crippen molar-refractivity contribution >= 4 is 17.7 Å². The van der Waals surface area contributed by atoms with Crippen LogP contribution < -0.4 is 5.73 Å². The number of nitrogens with two attached hydrogens (primary N) is 1. The minimum absolute atomic E-state index is 0.0664. The van der Waals surface area contributed by atoms with Crippen LogP contribution in [0.25, 0.3) is 0 Å². The van der Waals surface area contributed by atoms with E-state index >= 15 is 0 Å². The maximum absolute atomic E-state index is 12.1. The second kappa shape index (κ2) is 6.47. The molecule has 1 aliphatic heterocycles. The zero-order valence-electron chi connectivity index (χ0n) is 10.3. The van der Waals surface area contributed by atoms with E-state index in [-0.39, 0.29) is 11.9 Å². The first-order valence-corrected chi connectivity index (χ1v) is 6.79. The van der Waals surface area contributed by atoms with Gasteiger partial charge >= 0.3 is 0 Å². The summed E-state index contributed by atoms with van der Waals surface area (Å²) in [4.78, 5) is 14.0. The van der Waals surface area contributed by atoms with Crippen LogP contribution in [0.1, 0.15) is 20.3 Å². The number of nitrogens with zero attached hydrogens (tertiary/aromatic N) is 1. The Morgan fingerprint density at radius 1 is 1.62 bits per heavy atom. The fourth-order valence-electron chi connectivity index (χ4n) is 1.83. The lowest BCUT2D eigenvalue weighted by Crippen LogP contribution is -2.53. The maximum Gasteiger partial charge on any atom is 0.239 e. The second-order valence-corrected chi connectivity index (χ2v) is 5.72. The van der Waals surface area contributed by atoms with Gasteiger partial charge < -0.3 is 15.4 Å². The van der Waals surface area contributed by atoms with Crippen LogP contribution in [-0.2, 0) is 9.53 Å².